The van der Waals surface area contributed by atoms with Crippen molar-refractivity contribution in [3.63, 3.8) is 0 Å². The third kappa shape index (κ3) is 4.83. The summed E-state index contributed by atoms with van der Waals surface area (Å²) >= 11 is 0. The van der Waals surface area contributed by atoms with Gasteiger partial charge >= 0.3 is 0 Å². The number of nitrogens with zero attached hydrogens (tertiary/aromatic N) is 3. The van der Waals surface area contributed by atoms with E-state index in [4.69, 9.17) is 0 Å². The van der Waals surface area contributed by atoms with Crippen LogP contribution in [0.15, 0.2) is 164 Å². The van der Waals surface area contributed by atoms with Gasteiger partial charge in [-0.15, -0.1) is 0 Å². The first kappa shape index (κ1) is 27.6. The molecule has 0 aliphatic heterocycles. The predicted molar refractivity (Wildman–Crippen MR) is 194 cm³/mol. The second-order valence-corrected chi connectivity index (χ2v) is 11.8. The number of hydrogen-bond acceptors (Lipinski definition) is 2. The van der Waals surface area contributed by atoms with Crippen LogP contribution >= 0.6 is 0 Å². The lowest BCUT2D eigenvalue weighted by atomic mass is 10.00. The summed E-state index contributed by atoms with van der Waals surface area (Å²) in [5.74, 6) is 0. The highest BCUT2D eigenvalue weighted by atomic mass is 15.1. The minimum absolute atomic E-state index is 1.11. The highest BCUT2D eigenvalue weighted by molar-refractivity contribution is 6.16. The van der Waals surface area contributed by atoms with Gasteiger partial charge in [0.1, 0.15) is 0 Å². The van der Waals surface area contributed by atoms with Crippen LogP contribution in [0.1, 0.15) is 11.1 Å². The standard InChI is InChI=1S/C43H33N3/c1-30-16-22-35(23-17-30)45(36-26-20-33(21-27-36)38-11-4-3-9-31(38)2)41-14-7-15-42-43(41)39-12-5-6-13-40(39)46(42)37-24-18-32(19-25-37)34-10-8-28-44-29-34/h3-29H,1-2H3. The summed E-state index contributed by atoms with van der Waals surface area (Å²) in [7, 11) is 0. The maximum absolute atomic E-state index is 4.31. The zero-order chi connectivity index (χ0) is 31.0. The molecule has 0 spiro atoms. The molecule has 0 unspecified atom stereocenters. The van der Waals surface area contributed by atoms with Gasteiger partial charge in [-0.3, -0.25) is 4.98 Å². The van der Waals surface area contributed by atoms with Gasteiger partial charge in [0.05, 0.1) is 16.7 Å². The first-order chi connectivity index (χ1) is 22.7. The second kappa shape index (κ2) is 11.5. The third-order valence-corrected chi connectivity index (χ3v) is 8.91. The summed E-state index contributed by atoms with van der Waals surface area (Å²) in [6.45, 7) is 4.31. The molecule has 220 valence electrons. The Morgan fingerprint density at radius 1 is 0.522 bits per heavy atom. The Bertz CT molecular complexity index is 2300. The first-order valence-electron chi connectivity index (χ1n) is 15.7. The van der Waals surface area contributed by atoms with Crippen molar-refractivity contribution in [1.29, 1.82) is 0 Å². The van der Waals surface area contributed by atoms with Gasteiger partial charge in [0.15, 0.2) is 0 Å². The summed E-state index contributed by atoms with van der Waals surface area (Å²) < 4.78 is 2.38. The first-order valence-corrected chi connectivity index (χ1v) is 15.7. The highest BCUT2D eigenvalue weighted by Crippen LogP contribution is 2.44. The van der Waals surface area contributed by atoms with Gasteiger partial charge in [0.2, 0.25) is 0 Å². The Kier molecular flexibility index (Phi) is 6.92. The molecular weight excluding hydrogens is 558 g/mol. The molecule has 0 fully saturated rings. The molecule has 8 rings (SSSR count). The fourth-order valence-electron chi connectivity index (χ4n) is 6.61. The van der Waals surface area contributed by atoms with E-state index in [1.165, 1.54) is 44.1 Å². The molecule has 3 nitrogen and oxygen atoms in total. The Hall–Kier alpha value is -5.93. The summed E-state index contributed by atoms with van der Waals surface area (Å²) in [4.78, 5) is 6.70. The molecule has 2 aromatic heterocycles. The van der Waals surface area contributed by atoms with Crippen LogP contribution in [0.2, 0.25) is 0 Å². The van der Waals surface area contributed by atoms with Crippen molar-refractivity contribution in [2.24, 2.45) is 0 Å². The van der Waals surface area contributed by atoms with Crippen LogP contribution in [0.25, 0.3) is 49.7 Å². The number of pyridine rings is 1. The molecule has 0 bridgehead atoms. The molecule has 0 N–H and O–H groups in total. The van der Waals surface area contributed by atoms with E-state index in [0.29, 0.717) is 0 Å². The Morgan fingerprint density at radius 3 is 1.93 bits per heavy atom. The summed E-state index contributed by atoms with van der Waals surface area (Å²) in [5.41, 5.74) is 14.1. The smallest absolute Gasteiger partial charge is 0.0562 e. The fraction of sp³-hybridized carbons (Fsp3) is 0.0465. The Morgan fingerprint density at radius 2 is 1.20 bits per heavy atom. The lowest BCUT2D eigenvalue weighted by Gasteiger charge is -2.27. The maximum Gasteiger partial charge on any atom is 0.0562 e. The Balaban J connectivity index is 1.32. The van der Waals surface area contributed by atoms with Gasteiger partial charge < -0.3 is 9.47 Å². The van der Waals surface area contributed by atoms with E-state index in [1.807, 2.05) is 18.5 Å². The number of benzene rings is 6. The van der Waals surface area contributed by atoms with Crippen LogP contribution in [0, 0.1) is 13.8 Å². The van der Waals surface area contributed by atoms with Crippen molar-refractivity contribution in [3.8, 4) is 27.9 Å². The van der Waals surface area contributed by atoms with Crippen molar-refractivity contribution in [2.45, 2.75) is 13.8 Å². The molecule has 0 saturated heterocycles. The van der Waals surface area contributed by atoms with E-state index in [-0.39, 0.29) is 0 Å². The largest absolute Gasteiger partial charge is 0.310 e. The number of para-hydroxylation sites is 1. The van der Waals surface area contributed by atoms with Crippen LogP contribution in [-0.4, -0.2) is 9.55 Å². The molecule has 0 saturated carbocycles. The molecule has 0 radical (unpaired) electrons. The Labute approximate surface area is 269 Å². The van der Waals surface area contributed by atoms with Crippen LogP contribution in [0.3, 0.4) is 0 Å². The molecule has 0 aliphatic carbocycles. The maximum atomic E-state index is 4.31. The lowest BCUT2D eigenvalue weighted by Crippen LogP contribution is -2.10. The minimum Gasteiger partial charge on any atom is -0.310 e. The van der Waals surface area contributed by atoms with Gasteiger partial charge in [-0.2, -0.15) is 0 Å². The van der Waals surface area contributed by atoms with E-state index < -0.39 is 0 Å². The summed E-state index contributed by atoms with van der Waals surface area (Å²) in [6, 6.07) is 54.7. The fourth-order valence-corrected chi connectivity index (χ4v) is 6.61. The monoisotopic (exact) mass is 591 g/mol. The topological polar surface area (TPSA) is 21.1 Å². The molecule has 0 aliphatic rings. The average molecular weight is 592 g/mol. The lowest BCUT2D eigenvalue weighted by molar-refractivity contribution is 1.18. The van der Waals surface area contributed by atoms with Crippen molar-refractivity contribution in [2.75, 3.05) is 4.90 Å². The molecule has 46 heavy (non-hydrogen) atoms. The predicted octanol–water partition coefficient (Wildman–Crippen LogP) is 11.6. The molecular formula is C43H33N3. The van der Waals surface area contributed by atoms with Crippen LogP contribution in [-0.2, 0) is 0 Å². The zero-order valence-corrected chi connectivity index (χ0v) is 25.9. The van der Waals surface area contributed by atoms with E-state index in [0.717, 1.165) is 33.9 Å². The van der Waals surface area contributed by atoms with Gasteiger partial charge in [-0.05, 0) is 102 Å². The minimum atomic E-state index is 1.11. The van der Waals surface area contributed by atoms with Crippen molar-refractivity contribution in [3.05, 3.63) is 175 Å². The number of aryl methyl sites for hydroxylation is 2. The van der Waals surface area contributed by atoms with E-state index in [9.17, 15) is 0 Å². The van der Waals surface area contributed by atoms with Gasteiger partial charge in [0.25, 0.3) is 0 Å². The quantitative estimate of drug-likeness (QED) is 0.192. The van der Waals surface area contributed by atoms with Gasteiger partial charge in [-0.1, -0.05) is 96.6 Å². The van der Waals surface area contributed by atoms with Gasteiger partial charge in [-0.25, -0.2) is 0 Å². The van der Waals surface area contributed by atoms with Crippen LogP contribution in [0.5, 0.6) is 0 Å². The molecule has 2 heterocycles. The van der Waals surface area contributed by atoms with E-state index >= 15 is 0 Å². The van der Waals surface area contributed by atoms with E-state index in [2.05, 4.69) is 174 Å². The van der Waals surface area contributed by atoms with E-state index in [1.54, 1.807) is 0 Å². The number of fused-ring (bicyclic) bond motifs is 3. The zero-order valence-electron chi connectivity index (χ0n) is 25.9. The third-order valence-electron chi connectivity index (χ3n) is 8.91. The normalized spacial score (nSPS) is 11.3. The van der Waals surface area contributed by atoms with Crippen LogP contribution in [0.4, 0.5) is 17.1 Å². The summed E-state index contributed by atoms with van der Waals surface area (Å²) in [5, 5.41) is 2.44. The number of anilines is 3. The number of hydrogen-bond donors (Lipinski definition) is 0. The number of aromatic nitrogens is 2. The highest BCUT2D eigenvalue weighted by Gasteiger charge is 2.21. The number of rotatable bonds is 6. The van der Waals surface area contributed by atoms with Crippen molar-refractivity contribution in [1.82, 2.24) is 9.55 Å². The molecule has 6 aromatic carbocycles. The second-order valence-electron chi connectivity index (χ2n) is 11.8. The SMILES string of the molecule is Cc1ccc(N(c2ccc(-c3ccccc3C)cc2)c2cccc3c2c2ccccc2n3-c2ccc(-c3cccnc3)cc2)cc1. The van der Waals surface area contributed by atoms with Crippen LogP contribution < -0.4 is 4.90 Å². The summed E-state index contributed by atoms with van der Waals surface area (Å²) in [6.07, 6.45) is 3.72. The molecule has 0 atom stereocenters. The van der Waals surface area contributed by atoms with Crippen molar-refractivity contribution < 1.29 is 0 Å². The molecule has 0 amide bonds. The molecule has 8 aromatic rings. The van der Waals surface area contributed by atoms with Gasteiger partial charge in [0, 0.05) is 40.2 Å². The molecule has 3 heteroatoms. The average Bonchev–Trinajstić information content (AvgIpc) is 3.45. The van der Waals surface area contributed by atoms with Crippen molar-refractivity contribution >= 4 is 38.9 Å².